The monoisotopic (exact) mass is 253 g/mol. The Morgan fingerprint density at radius 3 is 2.39 bits per heavy atom. The Morgan fingerprint density at radius 2 is 2.00 bits per heavy atom. The van der Waals surface area contributed by atoms with Crippen molar-refractivity contribution >= 4 is 11.9 Å². The van der Waals surface area contributed by atoms with E-state index in [0.29, 0.717) is 24.2 Å². The number of aliphatic carboxylic acids is 2. The molecule has 0 heterocycles. The Kier molecular flexibility index (Phi) is 4.16. The van der Waals surface area contributed by atoms with Crippen molar-refractivity contribution < 1.29 is 19.8 Å². The molecule has 0 amide bonds. The van der Waals surface area contributed by atoms with Crippen molar-refractivity contribution in [3.05, 3.63) is 22.9 Å². The molecule has 0 saturated carbocycles. The predicted molar refractivity (Wildman–Crippen MR) is 67.1 cm³/mol. The average molecular weight is 253 g/mol. The molecular formula is C13H19NO4. The van der Waals surface area contributed by atoms with Crippen LogP contribution in [0.25, 0.3) is 0 Å². The standard InChI is InChI=1S/C13H19NO4/c1-4-13(12(17)18)7-9(11(15)16)10(14-5-2)6-8(13)3/h6,14H,4-5,7H2,1-3H3,(H,15,16)(H,17,18). The molecule has 3 N–H and O–H groups in total. The fourth-order valence-corrected chi connectivity index (χ4v) is 2.32. The third-order valence-electron chi connectivity index (χ3n) is 3.56. The number of carboxylic acids is 2. The largest absolute Gasteiger partial charge is 0.481 e. The Balaban J connectivity index is 3.30. The van der Waals surface area contributed by atoms with Gasteiger partial charge in [-0.3, -0.25) is 4.79 Å². The van der Waals surface area contributed by atoms with Gasteiger partial charge in [-0.15, -0.1) is 0 Å². The van der Waals surface area contributed by atoms with Crippen LogP contribution >= 0.6 is 0 Å². The molecule has 0 spiro atoms. The summed E-state index contributed by atoms with van der Waals surface area (Å²) >= 11 is 0. The molecule has 1 aliphatic carbocycles. The second-order valence-electron chi connectivity index (χ2n) is 4.47. The molecule has 0 fully saturated rings. The third kappa shape index (κ3) is 2.25. The molecule has 0 saturated heterocycles. The second-order valence-corrected chi connectivity index (χ2v) is 4.47. The van der Waals surface area contributed by atoms with Gasteiger partial charge in [-0.25, -0.2) is 4.79 Å². The number of carbonyl (C=O) groups is 2. The van der Waals surface area contributed by atoms with Gasteiger partial charge in [-0.1, -0.05) is 12.5 Å². The summed E-state index contributed by atoms with van der Waals surface area (Å²) in [6.45, 7) is 5.98. The number of rotatable bonds is 5. The van der Waals surface area contributed by atoms with Crippen molar-refractivity contribution in [1.29, 1.82) is 0 Å². The van der Waals surface area contributed by atoms with E-state index in [2.05, 4.69) is 5.32 Å². The number of hydrogen-bond acceptors (Lipinski definition) is 3. The first-order valence-corrected chi connectivity index (χ1v) is 6.01. The summed E-state index contributed by atoms with van der Waals surface area (Å²) in [7, 11) is 0. The first kappa shape index (κ1) is 14.3. The molecule has 1 unspecified atom stereocenters. The van der Waals surface area contributed by atoms with Crippen LogP contribution in [0.5, 0.6) is 0 Å². The Bertz CT molecular complexity index is 436. The van der Waals surface area contributed by atoms with E-state index >= 15 is 0 Å². The lowest BCUT2D eigenvalue weighted by Crippen LogP contribution is -2.37. The number of likely N-dealkylation sites (N-methyl/N-ethyl adjacent to an activating group) is 1. The highest BCUT2D eigenvalue weighted by Crippen LogP contribution is 2.42. The van der Waals surface area contributed by atoms with Gasteiger partial charge >= 0.3 is 11.9 Å². The van der Waals surface area contributed by atoms with E-state index in [1.165, 1.54) is 0 Å². The van der Waals surface area contributed by atoms with Gasteiger partial charge in [0.1, 0.15) is 0 Å². The van der Waals surface area contributed by atoms with E-state index in [1.54, 1.807) is 19.9 Å². The van der Waals surface area contributed by atoms with E-state index in [4.69, 9.17) is 0 Å². The highest BCUT2D eigenvalue weighted by atomic mass is 16.4. The van der Waals surface area contributed by atoms with Crippen molar-refractivity contribution in [3.63, 3.8) is 0 Å². The molecule has 0 bridgehead atoms. The number of carboxylic acid groups (broad SMARTS) is 2. The van der Waals surface area contributed by atoms with Gasteiger partial charge in [-0.05, 0) is 26.3 Å². The molecule has 0 aromatic rings. The van der Waals surface area contributed by atoms with E-state index in [9.17, 15) is 19.8 Å². The fourth-order valence-electron chi connectivity index (χ4n) is 2.32. The molecule has 100 valence electrons. The molecule has 5 heteroatoms. The third-order valence-corrected chi connectivity index (χ3v) is 3.56. The molecule has 0 aliphatic heterocycles. The molecule has 1 atom stereocenters. The zero-order valence-electron chi connectivity index (χ0n) is 10.9. The Hall–Kier alpha value is -1.78. The molecule has 18 heavy (non-hydrogen) atoms. The van der Waals surface area contributed by atoms with Crippen LogP contribution in [0.1, 0.15) is 33.6 Å². The van der Waals surface area contributed by atoms with E-state index in [0.717, 1.165) is 0 Å². The minimum atomic E-state index is -1.09. The molecule has 5 nitrogen and oxygen atoms in total. The average Bonchev–Trinajstić information content (AvgIpc) is 2.29. The summed E-state index contributed by atoms with van der Waals surface area (Å²) in [5.74, 6) is -2.03. The lowest BCUT2D eigenvalue weighted by atomic mass is 9.70. The van der Waals surface area contributed by atoms with Crippen molar-refractivity contribution in [2.75, 3.05) is 6.54 Å². The predicted octanol–water partition coefficient (Wildman–Crippen LogP) is 1.77. The molecule has 0 radical (unpaired) electrons. The van der Waals surface area contributed by atoms with Crippen LogP contribution in [-0.4, -0.2) is 28.7 Å². The molecule has 0 aromatic carbocycles. The van der Waals surface area contributed by atoms with Crippen LogP contribution in [0.4, 0.5) is 0 Å². The maximum absolute atomic E-state index is 11.5. The lowest BCUT2D eigenvalue weighted by Gasteiger charge is -2.33. The fraction of sp³-hybridized carbons (Fsp3) is 0.538. The van der Waals surface area contributed by atoms with E-state index in [-0.39, 0.29) is 12.0 Å². The number of hydrogen-bond donors (Lipinski definition) is 3. The molecule has 1 aliphatic rings. The highest BCUT2D eigenvalue weighted by Gasteiger charge is 2.43. The zero-order valence-corrected chi connectivity index (χ0v) is 10.9. The van der Waals surface area contributed by atoms with Crippen LogP contribution in [0.15, 0.2) is 22.9 Å². The second kappa shape index (κ2) is 5.25. The van der Waals surface area contributed by atoms with Crippen LogP contribution in [0, 0.1) is 5.41 Å². The number of allylic oxidation sites excluding steroid dienone is 1. The summed E-state index contributed by atoms with van der Waals surface area (Å²) in [6, 6.07) is 0. The smallest absolute Gasteiger partial charge is 0.333 e. The van der Waals surface area contributed by atoms with Gasteiger partial charge < -0.3 is 15.5 Å². The van der Waals surface area contributed by atoms with Crippen molar-refractivity contribution in [2.24, 2.45) is 5.41 Å². The number of nitrogens with one attached hydrogen (secondary N) is 1. The van der Waals surface area contributed by atoms with Crippen LogP contribution in [-0.2, 0) is 9.59 Å². The first-order valence-electron chi connectivity index (χ1n) is 6.01. The van der Waals surface area contributed by atoms with E-state index in [1.807, 2.05) is 6.92 Å². The van der Waals surface area contributed by atoms with Crippen molar-refractivity contribution in [2.45, 2.75) is 33.6 Å². The van der Waals surface area contributed by atoms with Crippen LogP contribution in [0.3, 0.4) is 0 Å². The lowest BCUT2D eigenvalue weighted by molar-refractivity contribution is -0.147. The maximum atomic E-state index is 11.5. The Labute approximate surface area is 106 Å². The summed E-state index contributed by atoms with van der Waals surface area (Å²) < 4.78 is 0. The molecular weight excluding hydrogens is 234 g/mol. The highest BCUT2D eigenvalue weighted by molar-refractivity contribution is 5.91. The van der Waals surface area contributed by atoms with Crippen molar-refractivity contribution in [3.8, 4) is 0 Å². The van der Waals surface area contributed by atoms with Crippen LogP contribution < -0.4 is 5.32 Å². The quantitative estimate of drug-likeness (QED) is 0.695. The first-order chi connectivity index (χ1) is 8.39. The zero-order chi connectivity index (χ0) is 13.9. The SMILES string of the molecule is CCNC1=C(C(=O)O)CC(CC)(C(=O)O)C(C)=C1. The minimum absolute atomic E-state index is 0.0266. The van der Waals surface area contributed by atoms with Gasteiger partial charge in [0.25, 0.3) is 0 Å². The molecule has 0 aromatic heterocycles. The summed E-state index contributed by atoms with van der Waals surface area (Å²) in [5, 5.41) is 21.6. The minimum Gasteiger partial charge on any atom is -0.481 e. The van der Waals surface area contributed by atoms with Crippen LogP contribution in [0.2, 0.25) is 0 Å². The van der Waals surface area contributed by atoms with Gasteiger partial charge in [0.2, 0.25) is 0 Å². The summed E-state index contributed by atoms with van der Waals surface area (Å²) in [6.07, 6.45) is 2.05. The van der Waals surface area contributed by atoms with Gasteiger partial charge in [0, 0.05) is 18.7 Å². The van der Waals surface area contributed by atoms with Crippen molar-refractivity contribution in [1.82, 2.24) is 5.32 Å². The van der Waals surface area contributed by atoms with Gasteiger partial charge in [0.05, 0.1) is 11.0 Å². The van der Waals surface area contributed by atoms with Gasteiger partial charge in [0.15, 0.2) is 0 Å². The summed E-state index contributed by atoms with van der Waals surface area (Å²) in [4.78, 5) is 22.7. The Morgan fingerprint density at radius 1 is 1.39 bits per heavy atom. The normalized spacial score (nSPS) is 23.6. The summed E-state index contributed by atoms with van der Waals surface area (Å²) in [5.41, 5.74) is 0.269. The topological polar surface area (TPSA) is 86.6 Å². The molecule has 1 rings (SSSR count). The van der Waals surface area contributed by atoms with Gasteiger partial charge in [-0.2, -0.15) is 0 Å². The van der Waals surface area contributed by atoms with E-state index < -0.39 is 17.4 Å². The maximum Gasteiger partial charge on any atom is 0.333 e.